The molecule has 3 aromatic heterocycles. The second kappa shape index (κ2) is 9.39. The molecule has 0 spiro atoms. The molecule has 32 heavy (non-hydrogen) atoms. The molecule has 0 aliphatic heterocycles. The quantitative estimate of drug-likeness (QED) is 0.392. The third-order valence-electron chi connectivity index (χ3n) is 6.93. The Hall–Kier alpha value is -2.76. The van der Waals surface area contributed by atoms with Gasteiger partial charge in [0.05, 0.1) is 22.9 Å². The van der Waals surface area contributed by atoms with Crippen molar-refractivity contribution in [1.29, 1.82) is 0 Å². The first-order chi connectivity index (χ1) is 15.8. The highest BCUT2D eigenvalue weighted by molar-refractivity contribution is 6.08. The lowest BCUT2D eigenvalue weighted by atomic mass is 9.90. The molecule has 0 saturated carbocycles. The van der Waals surface area contributed by atoms with Gasteiger partial charge in [-0.3, -0.25) is 14.9 Å². The molecule has 1 unspecified atom stereocenters. The zero-order chi connectivity index (χ0) is 21.9. The molecular weight excluding hydrogens is 394 g/mol. The zero-order valence-electron chi connectivity index (χ0n) is 19.0. The van der Waals surface area contributed by atoms with Gasteiger partial charge in [-0.1, -0.05) is 24.3 Å². The number of para-hydroxylation sites is 1. The van der Waals surface area contributed by atoms with E-state index in [0.717, 1.165) is 57.6 Å². The second-order valence-electron chi connectivity index (χ2n) is 8.84. The molecule has 166 valence electrons. The van der Waals surface area contributed by atoms with E-state index < -0.39 is 0 Å². The van der Waals surface area contributed by atoms with Crippen molar-refractivity contribution in [2.75, 3.05) is 13.1 Å². The van der Waals surface area contributed by atoms with Crippen molar-refractivity contribution in [3.05, 3.63) is 71.8 Å². The lowest BCUT2D eigenvalue weighted by Gasteiger charge is -2.35. The average Bonchev–Trinajstić information content (AvgIpc) is 3.18. The van der Waals surface area contributed by atoms with Crippen LogP contribution in [0.1, 0.15) is 55.6 Å². The molecule has 4 aromatic rings. The molecule has 0 fully saturated rings. The minimum Gasteiger partial charge on any atom is -0.339 e. The first-order valence-electron chi connectivity index (χ1n) is 12.0. The van der Waals surface area contributed by atoms with Crippen molar-refractivity contribution < 1.29 is 0 Å². The Morgan fingerprint density at radius 1 is 1.03 bits per heavy atom. The van der Waals surface area contributed by atoms with Gasteiger partial charge in [0.15, 0.2) is 0 Å². The number of pyridine rings is 2. The smallest absolute Gasteiger partial charge is 0.0786 e. The predicted molar refractivity (Wildman–Crippen MR) is 132 cm³/mol. The van der Waals surface area contributed by atoms with Gasteiger partial charge < -0.3 is 10.3 Å². The Balaban J connectivity index is 1.57. The van der Waals surface area contributed by atoms with Crippen LogP contribution in [0.25, 0.3) is 21.8 Å². The standard InChI is InChI=1S/C27H33N5/c1-2-32-24-12-4-3-11-21(24)22-14-17-29-23(27(22)32)19-31(18-6-5-15-28)25-13-7-9-20-10-8-16-30-26(20)25/h3-4,8,10-12,14,16-17,25H,2,5-7,9,13,15,18-19,28H2,1H3. The molecule has 5 heteroatoms. The van der Waals surface area contributed by atoms with Crippen molar-refractivity contribution >= 4 is 21.8 Å². The number of hydrogen-bond acceptors (Lipinski definition) is 4. The highest BCUT2D eigenvalue weighted by Crippen LogP contribution is 2.36. The minimum atomic E-state index is 0.342. The lowest BCUT2D eigenvalue weighted by molar-refractivity contribution is 0.161. The third kappa shape index (κ3) is 3.80. The summed E-state index contributed by atoms with van der Waals surface area (Å²) in [5.41, 5.74) is 12.2. The molecule has 0 amide bonds. The van der Waals surface area contributed by atoms with Crippen LogP contribution in [0.15, 0.2) is 54.9 Å². The summed E-state index contributed by atoms with van der Waals surface area (Å²) in [5, 5.41) is 2.61. The van der Waals surface area contributed by atoms with E-state index in [2.05, 4.69) is 58.9 Å². The minimum absolute atomic E-state index is 0.342. The number of nitrogens with two attached hydrogens (primary N) is 1. The number of benzene rings is 1. The van der Waals surface area contributed by atoms with Crippen LogP contribution in [-0.2, 0) is 19.5 Å². The predicted octanol–water partition coefficient (Wildman–Crippen LogP) is 5.22. The SMILES string of the molecule is CCn1c2ccccc2c2ccnc(CN(CCCCN)C3CCCc4cccnc43)c21. The Morgan fingerprint density at radius 3 is 2.81 bits per heavy atom. The van der Waals surface area contributed by atoms with Gasteiger partial charge in [-0.05, 0) is 75.9 Å². The fourth-order valence-electron chi connectivity index (χ4n) is 5.45. The van der Waals surface area contributed by atoms with E-state index in [1.807, 2.05) is 12.4 Å². The van der Waals surface area contributed by atoms with Gasteiger partial charge in [0.25, 0.3) is 0 Å². The molecule has 0 radical (unpaired) electrons. The summed E-state index contributed by atoms with van der Waals surface area (Å²) >= 11 is 0. The Labute approximate surface area is 190 Å². The summed E-state index contributed by atoms with van der Waals surface area (Å²) in [4.78, 5) is 12.4. The van der Waals surface area contributed by atoms with E-state index in [9.17, 15) is 0 Å². The van der Waals surface area contributed by atoms with Gasteiger partial charge in [0.1, 0.15) is 0 Å². The molecule has 0 bridgehead atoms. The summed E-state index contributed by atoms with van der Waals surface area (Å²) < 4.78 is 2.43. The van der Waals surface area contributed by atoms with E-state index >= 15 is 0 Å². The number of hydrogen-bond donors (Lipinski definition) is 1. The molecule has 5 nitrogen and oxygen atoms in total. The largest absolute Gasteiger partial charge is 0.339 e. The summed E-state index contributed by atoms with van der Waals surface area (Å²) in [6.07, 6.45) is 9.57. The number of aromatic nitrogens is 3. The van der Waals surface area contributed by atoms with Crippen LogP contribution in [0.5, 0.6) is 0 Å². The Morgan fingerprint density at radius 2 is 1.94 bits per heavy atom. The van der Waals surface area contributed by atoms with Gasteiger partial charge in [0, 0.05) is 41.8 Å². The molecular formula is C27H33N5. The van der Waals surface area contributed by atoms with Crippen molar-refractivity contribution in [3.63, 3.8) is 0 Å². The molecule has 1 aliphatic carbocycles. The maximum atomic E-state index is 5.83. The molecule has 1 aliphatic rings. The highest BCUT2D eigenvalue weighted by Gasteiger charge is 2.28. The topological polar surface area (TPSA) is 60.0 Å². The first kappa shape index (κ1) is 21.1. The first-order valence-corrected chi connectivity index (χ1v) is 12.0. The van der Waals surface area contributed by atoms with Crippen LogP contribution in [0, 0.1) is 0 Å². The Bertz CT molecular complexity index is 1210. The fourth-order valence-corrected chi connectivity index (χ4v) is 5.45. The summed E-state index contributed by atoms with van der Waals surface area (Å²) in [6.45, 7) is 5.75. The van der Waals surface area contributed by atoms with Crippen molar-refractivity contribution in [2.45, 2.75) is 58.2 Å². The van der Waals surface area contributed by atoms with Gasteiger partial charge in [0.2, 0.25) is 0 Å². The molecule has 2 N–H and O–H groups in total. The normalized spacial score (nSPS) is 16.2. The maximum absolute atomic E-state index is 5.83. The third-order valence-corrected chi connectivity index (χ3v) is 6.93. The van der Waals surface area contributed by atoms with Crippen LogP contribution in [0.2, 0.25) is 0 Å². The molecule has 0 saturated heterocycles. The average molecular weight is 428 g/mol. The van der Waals surface area contributed by atoms with E-state index in [1.54, 1.807) is 0 Å². The van der Waals surface area contributed by atoms with Gasteiger partial charge in [-0.2, -0.15) is 0 Å². The molecule has 1 aromatic carbocycles. The van der Waals surface area contributed by atoms with E-state index in [1.165, 1.54) is 39.5 Å². The number of rotatable bonds is 8. The van der Waals surface area contributed by atoms with E-state index in [-0.39, 0.29) is 0 Å². The van der Waals surface area contributed by atoms with E-state index in [4.69, 9.17) is 15.7 Å². The molecule has 5 rings (SSSR count). The highest BCUT2D eigenvalue weighted by atomic mass is 15.2. The van der Waals surface area contributed by atoms with Crippen molar-refractivity contribution in [3.8, 4) is 0 Å². The number of fused-ring (bicyclic) bond motifs is 4. The summed E-state index contributed by atoms with van der Waals surface area (Å²) in [7, 11) is 0. The van der Waals surface area contributed by atoms with Gasteiger partial charge >= 0.3 is 0 Å². The Kier molecular flexibility index (Phi) is 6.19. The fraction of sp³-hybridized carbons (Fsp3) is 0.407. The lowest BCUT2D eigenvalue weighted by Crippen LogP contribution is -2.33. The van der Waals surface area contributed by atoms with Gasteiger partial charge in [-0.25, -0.2) is 0 Å². The number of unbranched alkanes of at least 4 members (excludes halogenated alkanes) is 1. The van der Waals surface area contributed by atoms with Crippen molar-refractivity contribution in [2.24, 2.45) is 5.73 Å². The van der Waals surface area contributed by atoms with Crippen LogP contribution < -0.4 is 5.73 Å². The second-order valence-corrected chi connectivity index (χ2v) is 8.84. The van der Waals surface area contributed by atoms with Crippen LogP contribution in [0.4, 0.5) is 0 Å². The van der Waals surface area contributed by atoms with Crippen LogP contribution >= 0.6 is 0 Å². The van der Waals surface area contributed by atoms with Crippen LogP contribution in [0.3, 0.4) is 0 Å². The van der Waals surface area contributed by atoms with E-state index in [0.29, 0.717) is 6.04 Å². The van der Waals surface area contributed by atoms with Crippen LogP contribution in [-0.4, -0.2) is 32.5 Å². The zero-order valence-corrected chi connectivity index (χ0v) is 19.0. The monoisotopic (exact) mass is 427 g/mol. The van der Waals surface area contributed by atoms with Crippen molar-refractivity contribution in [1.82, 2.24) is 19.4 Å². The molecule has 1 atom stereocenters. The van der Waals surface area contributed by atoms with Gasteiger partial charge in [-0.15, -0.1) is 0 Å². The summed E-state index contributed by atoms with van der Waals surface area (Å²) in [5.74, 6) is 0. The number of nitrogens with zero attached hydrogens (tertiary/aromatic N) is 4. The molecule has 3 heterocycles. The number of aryl methyl sites for hydroxylation is 2. The summed E-state index contributed by atoms with van der Waals surface area (Å²) in [6, 6.07) is 15.5. The maximum Gasteiger partial charge on any atom is 0.0786 e.